The Bertz CT molecular complexity index is 684. The lowest BCUT2D eigenvalue weighted by molar-refractivity contribution is 0.397. The van der Waals surface area contributed by atoms with Crippen LogP contribution in [0.3, 0.4) is 0 Å². The summed E-state index contributed by atoms with van der Waals surface area (Å²) in [5, 5.41) is 41.6. The molecule has 110 valence electrons. The van der Waals surface area contributed by atoms with Crippen molar-refractivity contribution >= 4 is 0 Å². The van der Waals surface area contributed by atoms with Gasteiger partial charge in [-0.2, -0.15) is 0 Å². The molecule has 3 rings (SSSR count). The van der Waals surface area contributed by atoms with Gasteiger partial charge in [0.2, 0.25) is 0 Å². The molecule has 0 saturated heterocycles. The highest BCUT2D eigenvalue weighted by Gasteiger charge is 2.22. The molecule has 1 atom stereocenters. The molecule has 0 bridgehead atoms. The number of hydrogen-bond donors (Lipinski definition) is 5. The number of phenolic OH excluding ortho intramolecular Hbond substituents is 4. The zero-order valence-electron chi connectivity index (χ0n) is 11.4. The van der Waals surface area contributed by atoms with Crippen LogP contribution >= 0.6 is 0 Å². The normalized spacial score (nSPS) is 17.4. The van der Waals surface area contributed by atoms with Gasteiger partial charge < -0.3 is 25.7 Å². The summed E-state index contributed by atoms with van der Waals surface area (Å²) in [6.45, 7) is 0.784. The van der Waals surface area contributed by atoms with Gasteiger partial charge in [-0.3, -0.25) is 0 Å². The van der Waals surface area contributed by atoms with E-state index in [0.29, 0.717) is 6.42 Å². The Labute approximate surface area is 122 Å². The minimum atomic E-state index is -0.142. The molecule has 0 fully saturated rings. The van der Waals surface area contributed by atoms with Gasteiger partial charge in [-0.05, 0) is 60.3 Å². The minimum Gasteiger partial charge on any atom is -0.504 e. The van der Waals surface area contributed by atoms with Crippen LogP contribution in [0.1, 0.15) is 22.7 Å². The molecular weight excluding hydrogens is 270 g/mol. The van der Waals surface area contributed by atoms with Crippen molar-refractivity contribution in [3.8, 4) is 23.0 Å². The zero-order valence-corrected chi connectivity index (χ0v) is 11.4. The molecule has 1 aliphatic heterocycles. The molecule has 0 saturated carbocycles. The summed E-state index contributed by atoms with van der Waals surface area (Å²) in [7, 11) is 0. The smallest absolute Gasteiger partial charge is 0.157 e. The van der Waals surface area contributed by atoms with Crippen molar-refractivity contribution in [2.24, 2.45) is 0 Å². The van der Waals surface area contributed by atoms with Gasteiger partial charge in [-0.1, -0.05) is 6.07 Å². The predicted molar refractivity (Wildman–Crippen MR) is 77.7 cm³/mol. The third-order valence-corrected chi connectivity index (χ3v) is 3.88. The Balaban J connectivity index is 1.91. The molecule has 5 nitrogen and oxygen atoms in total. The fourth-order valence-electron chi connectivity index (χ4n) is 2.78. The van der Waals surface area contributed by atoms with E-state index in [2.05, 4.69) is 5.32 Å². The second kappa shape index (κ2) is 5.18. The standard InChI is InChI=1S/C16H17NO4/c18-13-2-1-9(6-14(13)19)5-12-11-8-16(21)15(20)7-10(11)3-4-17-12/h1-2,6-8,12,17-21H,3-5H2/t12-/m0/s1. The Morgan fingerprint density at radius 2 is 1.62 bits per heavy atom. The van der Waals surface area contributed by atoms with Crippen LogP contribution in [0, 0.1) is 0 Å². The summed E-state index contributed by atoms with van der Waals surface area (Å²) in [5.74, 6) is -0.511. The first-order chi connectivity index (χ1) is 10.0. The summed E-state index contributed by atoms with van der Waals surface area (Å²) in [6.07, 6.45) is 1.41. The van der Waals surface area contributed by atoms with Crippen LogP contribution in [0.15, 0.2) is 30.3 Å². The van der Waals surface area contributed by atoms with E-state index in [9.17, 15) is 20.4 Å². The van der Waals surface area contributed by atoms with Crippen molar-refractivity contribution in [2.45, 2.75) is 18.9 Å². The van der Waals surface area contributed by atoms with E-state index in [-0.39, 0.29) is 29.0 Å². The van der Waals surface area contributed by atoms with Crippen molar-refractivity contribution in [2.75, 3.05) is 6.54 Å². The van der Waals surface area contributed by atoms with E-state index in [1.165, 1.54) is 12.1 Å². The van der Waals surface area contributed by atoms with Gasteiger partial charge in [0.25, 0.3) is 0 Å². The molecule has 21 heavy (non-hydrogen) atoms. The highest BCUT2D eigenvalue weighted by atomic mass is 16.3. The van der Waals surface area contributed by atoms with E-state index >= 15 is 0 Å². The molecule has 0 unspecified atom stereocenters. The number of nitrogens with one attached hydrogen (secondary N) is 1. The molecule has 5 heteroatoms. The second-order valence-electron chi connectivity index (χ2n) is 5.32. The van der Waals surface area contributed by atoms with E-state index in [0.717, 1.165) is 29.7 Å². The highest BCUT2D eigenvalue weighted by Crippen LogP contribution is 2.35. The fourth-order valence-corrected chi connectivity index (χ4v) is 2.78. The third kappa shape index (κ3) is 2.60. The number of aromatic hydroxyl groups is 4. The van der Waals surface area contributed by atoms with Crippen molar-refractivity contribution in [1.82, 2.24) is 5.32 Å². The van der Waals surface area contributed by atoms with Crippen molar-refractivity contribution in [3.05, 3.63) is 47.0 Å². The van der Waals surface area contributed by atoms with Crippen LogP contribution in [-0.2, 0) is 12.8 Å². The van der Waals surface area contributed by atoms with Crippen LogP contribution in [0.4, 0.5) is 0 Å². The van der Waals surface area contributed by atoms with Gasteiger partial charge in [0.15, 0.2) is 23.0 Å². The number of rotatable bonds is 2. The fraction of sp³-hybridized carbons (Fsp3) is 0.250. The summed E-state index contributed by atoms with van der Waals surface area (Å²) in [6, 6.07) is 7.93. The summed E-state index contributed by atoms with van der Waals surface area (Å²) in [5.41, 5.74) is 2.84. The number of fused-ring (bicyclic) bond motifs is 1. The Kier molecular flexibility index (Phi) is 3.35. The van der Waals surface area contributed by atoms with Crippen LogP contribution in [0.2, 0.25) is 0 Å². The average molecular weight is 287 g/mol. The molecule has 2 aromatic carbocycles. The lowest BCUT2D eigenvalue weighted by atomic mass is 9.90. The molecule has 0 spiro atoms. The maximum atomic E-state index is 9.69. The van der Waals surface area contributed by atoms with Gasteiger partial charge in [0.05, 0.1) is 0 Å². The molecule has 2 aromatic rings. The Hall–Kier alpha value is -2.40. The number of benzene rings is 2. The van der Waals surface area contributed by atoms with Crippen molar-refractivity contribution in [1.29, 1.82) is 0 Å². The lowest BCUT2D eigenvalue weighted by Gasteiger charge is -2.27. The van der Waals surface area contributed by atoms with Gasteiger partial charge >= 0.3 is 0 Å². The second-order valence-corrected chi connectivity index (χ2v) is 5.32. The molecule has 1 aliphatic rings. The van der Waals surface area contributed by atoms with Gasteiger partial charge in [-0.15, -0.1) is 0 Å². The number of phenols is 4. The first-order valence-electron chi connectivity index (χ1n) is 6.83. The lowest BCUT2D eigenvalue weighted by Crippen LogP contribution is -2.31. The summed E-state index contributed by atoms with van der Waals surface area (Å²) in [4.78, 5) is 0. The summed E-state index contributed by atoms with van der Waals surface area (Å²) >= 11 is 0. The molecule has 0 radical (unpaired) electrons. The zero-order chi connectivity index (χ0) is 15.0. The SMILES string of the molecule is Oc1ccc(C[C@@H]2NCCc3cc(O)c(O)cc32)cc1O. The van der Waals surface area contributed by atoms with Gasteiger partial charge in [0, 0.05) is 6.04 Å². The minimum absolute atomic E-state index is 0.0100. The van der Waals surface area contributed by atoms with E-state index in [4.69, 9.17) is 0 Å². The largest absolute Gasteiger partial charge is 0.504 e. The topological polar surface area (TPSA) is 93.0 Å². The van der Waals surface area contributed by atoms with Crippen LogP contribution in [0.25, 0.3) is 0 Å². The first kappa shape index (κ1) is 13.6. The van der Waals surface area contributed by atoms with E-state index in [1.807, 2.05) is 0 Å². The summed E-state index contributed by atoms with van der Waals surface area (Å²) < 4.78 is 0. The Morgan fingerprint density at radius 1 is 0.905 bits per heavy atom. The van der Waals surface area contributed by atoms with Crippen LogP contribution in [-0.4, -0.2) is 27.0 Å². The van der Waals surface area contributed by atoms with Crippen molar-refractivity contribution in [3.63, 3.8) is 0 Å². The highest BCUT2D eigenvalue weighted by molar-refractivity contribution is 5.48. The van der Waals surface area contributed by atoms with Gasteiger partial charge in [0.1, 0.15) is 0 Å². The van der Waals surface area contributed by atoms with E-state index in [1.54, 1.807) is 18.2 Å². The molecule has 5 N–H and O–H groups in total. The quantitative estimate of drug-likeness (QED) is 0.544. The first-order valence-corrected chi connectivity index (χ1v) is 6.83. The monoisotopic (exact) mass is 287 g/mol. The van der Waals surface area contributed by atoms with Gasteiger partial charge in [-0.25, -0.2) is 0 Å². The molecule has 0 aromatic heterocycles. The maximum Gasteiger partial charge on any atom is 0.157 e. The number of hydrogen-bond acceptors (Lipinski definition) is 5. The molecular formula is C16H17NO4. The predicted octanol–water partition coefficient (Wildman–Crippen LogP) is 1.94. The maximum absolute atomic E-state index is 9.69. The van der Waals surface area contributed by atoms with Crippen LogP contribution < -0.4 is 5.32 Å². The third-order valence-electron chi connectivity index (χ3n) is 3.88. The molecule has 1 heterocycles. The van der Waals surface area contributed by atoms with Crippen molar-refractivity contribution < 1.29 is 20.4 Å². The Morgan fingerprint density at radius 3 is 2.38 bits per heavy atom. The van der Waals surface area contributed by atoms with E-state index < -0.39 is 0 Å². The van der Waals surface area contributed by atoms with Crippen LogP contribution in [0.5, 0.6) is 23.0 Å². The molecule has 0 amide bonds. The molecule has 0 aliphatic carbocycles. The average Bonchev–Trinajstić information content (AvgIpc) is 2.45.